The van der Waals surface area contributed by atoms with Gasteiger partial charge in [-0.15, -0.1) is 5.10 Å². The van der Waals surface area contributed by atoms with Crippen molar-refractivity contribution in [1.82, 2.24) is 25.6 Å². The number of carboxylic acid groups (broad SMARTS) is 1. The number of aliphatic carboxylic acids is 1. The van der Waals surface area contributed by atoms with Crippen LogP contribution in [0.3, 0.4) is 0 Å². The number of nitrogens with zero attached hydrogens (tertiary/aromatic N) is 4. The molecule has 2 aromatic rings. The molecule has 0 radical (unpaired) electrons. The van der Waals surface area contributed by atoms with Crippen LogP contribution in [-0.4, -0.2) is 41.8 Å². The summed E-state index contributed by atoms with van der Waals surface area (Å²) in [6.45, 7) is 1.94. The molecule has 0 saturated carbocycles. The van der Waals surface area contributed by atoms with Gasteiger partial charge in [0.15, 0.2) is 5.82 Å². The number of aromatic hydroxyl groups is 1. The first-order valence-electron chi connectivity index (χ1n) is 6.72. The number of carbonyl (C=O) groups is 1. The minimum atomic E-state index is -0.870. The van der Waals surface area contributed by atoms with E-state index in [1.165, 1.54) is 12.3 Å². The van der Waals surface area contributed by atoms with Gasteiger partial charge in [-0.25, -0.2) is 10.1 Å². The Kier molecular flexibility index (Phi) is 4.81. The Labute approximate surface area is 121 Å². The fourth-order valence-corrected chi connectivity index (χ4v) is 2.35. The molecule has 0 aliphatic carbocycles. The van der Waals surface area contributed by atoms with E-state index in [-0.39, 0.29) is 11.8 Å². The van der Waals surface area contributed by atoms with Crippen LogP contribution in [0.5, 0.6) is 5.88 Å². The van der Waals surface area contributed by atoms with Gasteiger partial charge in [0, 0.05) is 18.2 Å². The van der Waals surface area contributed by atoms with Crippen LogP contribution in [0, 0.1) is 5.92 Å². The molecule has 0 spiro atoms. The number of hydrogen-bond acceptors (Lipinski definition) is 6. The lowest BCUT2D eigenvalue weighted by Crippen LogP contribution is -2.25. The molecule has 0 unspecified atom stereocenters. The largest absolute Gasteiger partial charge is 0.493 e. The standard InChI is InChI=1S/C13H17N5O3/c1-2-3-9(13(20)21)10(12-15-17-18-16-12)6-8-4-5-11(19)14-7-8/h4-5,7,9-10H,2-3,6H2,1H3,(H,14,19)(H,20,21)(H,15,16,17,18)/t9-,10-/m0/s1. The second kappa shape index (κ2) is 6.78. The number of carboxylic acids is 1. The Hall–Kier alpha value is -2.51. The summed E-state index contributed by atoms with van der Waals surface area (Å²) >= 11 is 0. The summed E-state index contributed by atoms with van der Waals surface area (Å²) in [5.41, 5.74) is 0.816. The van der Waals surface area contributed by atoms with Gasteiger partial charge in [0.2, 0.25) is 5.88 Å². The van der Waals surface area contributed by atoms with Crippen molar-refractivity contribution in [2.75, 3.05) is 0 Å². The smallest absolute Gasteiger partial charge is 0.307 e. The number of rotatable bonds is 7. The highest BCUT2D eigenvalue weighted by Crippen LogP contribution is 2.29. The number of tetrazole rings is 1. The van der Waals surface area contributed by atoms with E-state index >= 15 is 0 Å². The number of aromatic nitrogens is 5. The molecular weight excluding hydrogens is 274 g/mol. The minimum absolute atomic E-state index is 0.0695. The number of H-pyrrole nitrogens is 1. The molecule has 0 amide bonds. The van der Waals surface area contributed by atoms with Gasteiger partial charge in [-0.3, -0.25) is 4.79 Å². The van der Waals surface area contributed by atoms with Crippen LogP contribution in [0.4, 0.5) is 0 Å². The lowest BCUT2D eigenvalue weighted by molar-refractivity contribution is -0.142. The Morgan fingerprint density at radius 3 is 2.76 bits per heavy atom. The van der Waals surface area contributed by atoms with Crippen molar-refractivity contribution < 1.29 is 15.0 Å². The summed E-state index contributed by atoms with van der Waals surface area (Å²) in [4.78, 5) is 15.3. The first kappa shape index (κ1) is 14.9. The molecule has 0 saturated heterocycles. The van der Waals surface area contributed by atoms with E-state index in [1.807, 2.05) is 6.92 Å². The van der Waals surface area contributed by atoms with E-state index in [0.717, 1.165) is 12.0 Å². The first-order valence-corrected chi connectivity index (χ1v) is 6.72. The van der Waals surface area contributed by atoms with Crippen LogP contribution >= 0.6 is 0 Å². The molecule has 0 aliphatic rings. The van der Waals surface area contributed by atoms with Gasteiger partial charge >= 0.3 is 5.97 Å². The Morgan fingerprint density at radius 2 is 2.24 bits per heavy atom. The molecule has 2 heterocycles. The average molecular weight is 291 g/mol. The molecule has 3 N–H and O–H groups in total. The van der Waals surface area contributed by atoms with Crippen molar-refractivity contribution in [1.29, 1.82) is 0 Å². The van der Waals surface area contributed by atoms with Crippen molar-refractivity contribution in [2.24, 2.45) is 5.92 Å². The quantitative estimate of drug-likeness (QED) is 0.698. The molecule has 0 aliphatic heterocycles. The highest BCUT2D eigenvalue weighted by atomic mass is 16.4. The number of hydrogen-bond donors (Lipinski definition) is 3. The van der Waals surface area contributed by atoms with Gasteiger partial charge in [-0.1, -0.05) is 19.4 Å². The number of nitrogens with one attached hydrogen (secondary N) is 1. The molecule has 2 atom stereocenters. The monoisotopic (exact) mass is 291 g/mol. The fraction of sp³-hybridized carbons (Fsp3) is 0.462. The summed E-state index contributed by atoms with van der Waals surface area (Å²) in [6.07, 6.45) is 3.24. The Bertz CT molecular complexity index is 570. The summed E-state index contributed by atoms with van der Waals surface area (Å²) in [5.74, 6) is -1.45. The molecule has 8 nitrogen and oxygen atoms in total. The van der Waals surface area contributed by atoms with Crippen LogP contribution in [-0.2, 0) is 11.2 Å². The SMILES string of the molecule is CCC[C@H](C(=O)O)[C@H](Cc1ccc(O)nc1)c1nnn[nH]1. The van der Waals surface area contributed by atoms with Crippen molar-refractivity contribution in [3.63, 3.8) is 0 Å². The zero-order valence-corrected chi connectivity index (χ0v) is 11.6. The van der Waals surface area contributed by atoms with Crippen molar-refractivity contribution in [3.8, 4) is 5.88 Å². The second-order valence-electron chi connectivity index (χ2n) is 4.86. The third-order valence-electron chi connectivity index (χ3n) is 3.38. The van der Waals surface area contributed by atoms with Crippen LogP contribution in [0.15, 0.2) is 18.3 Å². The predicted octanol–water partition coefficient (Wildman–Crippen LogP) is 1.13. The molecule has 0 fully saturated rings. The van der Waals surface area contributed by atoms with Gasteiger partial charge in [0.1, 0.15) is 0 Å². The average Bonchev–Trinajstić information content (AvgIpc) is 2.98. The van der Waals surface area contributed by atoms with Crippen LogP contribution in [0.25, 0.3) is 0 Å². The third kappa shape index (κ3) is 3.74. The lowest BCUT2D eigenvalue weighted by atomic mass is 9.83. The number of pyridine rings is 1. The second-order valence-corrected chi connectivity index (χ2v) is 4.86. The normalized spacial score (nSPS) is 13.8. The lowest BCUT2D eigenvalue weighted by Gasteiger charge is -2.21. The highest BCUT2D eigenvalue weighted by molar-refractivity contribution is 5.71. The predicted molar refractivity (Wildman–Crippen MR) is 72.6 cm³/mol. The maximum atomic E-state index is 11.5. The first-order chi connectivity index (χ1) is 10.1. The molecule has 0 aromatic carbocycles. The Morgan fingerprint density at radius 1 is 1.43 bits per heavy atom. The van der Waals surface area contributed by atoms with E-state index in [4.69, 9.17) is 0 Å². The van der Waals surface area contributed by atoms with E-state index in [9.17, 15) is 15.0 Å². The van der Waals surface area contributed by atoms with Crippen LogP contribution in [0.2, 0.25) is 0 Å². The third-order valence-corrected chi connectivity index (χ3v) is 3.38. The van der Waals surface area contributed by atoms with Gasteiger partial charge in [-0.2, -0.15) is 0 Å². The molecule has 2 aromatic heterocycles. The summed E-state index contributed by atoms with van der Waals surface area (Å²) < 4.78 is 0. The van der Waals surface area contributed by atoms with E-state index in [2.05, 4.69) is 25.6 Å². The molecule has 8 heteroatoms. The maximum absolute atomic E-state index is 11.5. The summed E-state index contributed by atoms with van der Waals surface area (Å²) in [5, 5.41) is 32.3. The number of aromatic amines is 1. The molecule has 21 heavy (non-hydrogen) atoms. The molecular formula is C13H17N5O3. The molecule has 0 bridgehead atoms. The highest BCUT2D eigenvalue weighted by Gasteiger charge is 2.31. The van der Waals surface area contributed by atoms with E-state index in [0.29, 0.717) is 18.7 Å². The van der Waals surface area contributed by atoms with E-state index in [1.54, 1.807) is 6.07 Å². The summed E-state index contributed by atoms with van der Waals surface area (Å²) in [6, 6.07) is 3.19. The van der Waals surface area contributed by atoms with Gasteiger partial charge < -0.3 is 10.2 Å². The van der Waals surface area contributed by atoms with Crippen molar-refractivity contribution in [3.05, 3.63) is 29.7 Å². The van der Waals surface area contributed by atoms with Crippen molar-refractivity contribution in [2.45, 2.75) is 32.1 Å². The van der Waals surface area contributed by atoms with E-state index < -0.39 is 11.9 Å². The van der Waals surface area contributed by atoms with Crippen LogP contribution in [0.1, 0.15) is 37.1 Å². The molecule has 2 rings (SSSR count). The maximum Gasteiger partial charge on any atom is 0.307 e. The zero-order valence-electron chi connectivity index (χ0n) is 11.6. The summed E-state index contributed by atoms with van der Waals surface area (Å²) in [7, 11) is 0. The Balaban J connectivity index is 2.27. The van der Waals surface area contributed by atoms with Crippen molar-refractivity contribution >= 4 is 5.97 Å². The topological polar surface area (TPSA) is 125 Å². The fourth-order valence-electron chi connectivity index (χ4n) is 2.35. The van der Waals surface area contributed by atoms with Gasteiger partial charge in [0.25, 0.3) is 0 Å². The zero-order chi connectivity index (χ0) is 15.2. The molecule has 112 valence electrons. The van der Waals surface area contributed by atoms with Gasteiger partial charge in [-0.05, 0) is 28.8 Å². The van der Waals surface area contributed by atoms with Gasteiger partial charge in [0.05, 0.1) is 5.92 Å². The van der Waals surface area contributed by atoms with Crippen LogP contribution < -0.4 is 0 Å². The minimum Gasteiger partial charge on any atom is -0.493 e.